The maximum absolute atomic E-state index is 14.4. The lowest BCUT2D eigenvalue weighted by Crippen LogP contribution is -2.59. The lowest BCUT2D eigenvalue weighted by molar-refractivity contribution is -0.148. The normalized spacial score (nSPS) is 12.9. The summed E-state index contributed by atoms with van der Waals surface area (Å²) in [6.45, 7) is 14.3. The smallest absolute Gasteiger partial charge is 0.408 e. The van der Waals surface area contributed by atoms with Gasteiger partial charge in [-0.25, -0.2) is 4.79 Å². The number of ether oxygens (including phenoxy) is 1. The van der Waals surface area contributed by atoms with Crippen molar-refractivity contribution in [2.75, 3.05) is 5.32 Å². The Bertz CT molecular complexity index is 1320. The van der Waals surface area contributed by atoms with E-state index in [0.29, 0.717) is 23.2 Å². The van der Waals surface area contributed by atoms with E-state index in [1.807, 2.05) is 39.0 Å². The number of terminal acetylenes is 1. The topological polar surface area (TPSA) is 131 Å². The third kappa shape index (κ3) is 8.58. The van der Waals surface area contributed by atoms with Gasteiger partial charge >= 0.3 is 6.09 Å². The van der Waals surface area contributed by atoms with Crippen LogP contribution < -0.4 is 16.4 Å². The molecule has 0 bridgehead atoms. The number of amides is 4. The van der Waals surface area contributed by atoms with E-state index >= 15 is 0 Å². The molecule has 2 aromatic rings. The predicted molar refractivity (Wildman–Crippen MR) is 160 cm³/mol. The molecule has 0 aliphatic rings. The van der Waals surface area contributed by atoms with Crippen molar-refractivity contribution in [3.05, 3.63) is 64.7 Å². The van der Waals surface area contributed by atoms with Crippen LogP contribution >= 0.6 is 0 Å². The van der Waals surface area contributed by atoms with Gasteiger partial charge in [0.15, 0.2) is 0 Å². The monoisotopic (exact) mass is 562 g/mol. The van der Waals surface area contributed by atoms with Crippen LogP contribution in [0.3, 0.4) is 0 Å². The molecule has 0 radical (unpaired) electrons. The molecule has 2 atom stereocenters. The summed E-state index contributed by atoms with van der Waals surface area (Å²) in [6.07, 6.45) is 4.87. The molecule has 2 aromatic carbocycles. The molecular weight excluding hydrogens is 520 g/mol. The molecule has 220 valence electrons. The van der Waals surface area contributed by atoms with Crippen LogP contribution in [0.1, 0.15) is 82.7 Å². The molecule has 0 saturated carbocycles. The van der Waals surface area contributed by atoms with Crippen LogP contribution in [0.25, 0.3) is 0 Å². The number of benzene rings is 2. The zero-order valence-corrected chi connectivity index (χ0v) is 25.3. The number of aryl methyl sites for hydroxylation is 2. The minimum absolute atomic E-state index is 0.420. The summed E-state index contributed by atoms with van der Waals surface area (Å²) < 4.78 is 5.35. The third-order valence-corrected chi connectivity index (χ3v) is 6.80. The third-order valence-electron chi connectivity index (χ3n) is 6.80. The SMILES string of the molecule is C#Cc1ccccc1C(C(=O)Nc1c(C)cccc1C)N(C(=O)C(CC(N)=O)NC(=O)OC(C)(C)C)C(C)(C)CC. The zero-order chi connectivity index (χ0) is 31.1. The Balaban J connectivity index is 2.76. The average Bonchev–Trinajstić information content (AvgIpc) is 2.87. The second kappa shape index (κ2) is 13.4. The van der Waals surface area contributed by atoms with Crippen LogP contribution in [-0.2, 0) is 19.1 Å². The zero-order valence-electron chi connectivity index (χ0n) is 25.3. The number of anilines is 1. The van der Waals surface area contributed by atoms with Crippen molar-refractivity contribution in [2.45, 2.75) is 91.5 Å². The second-order valence-corrected chi connectivity index (χ2v) is 11.6. The van der Waals surface area contributed by atoms with E-state index in [2.05, 4.69) is 16.6 Å². The number of nitrogens with two attached hydrogens (primary N) is 1. The highest BCUT2D eigenvalue weighted by Gasteiger charge is 2.44. The van der Waals surface area contributed by atoms with E-state index in [4.69, 9.17) is 16.9 Å². The first-order chi connectivity index (χ1) is 19.0. The summed E-state index contributed by atoms with van der Waals surface area (Å²) in [5.74, 6) is 0.618. The number of nitrogens with zero attached hydrogens (tertiary/aromatic N) is 1. The fourth-order valence-corrected chi connectivity index (χ4v) is 4.43. The van der Waals surface area contributed by atoms with Gasteiger partial charge in [0.1, 0.15) is 17.7 Å². The Morgan fingerprint density at radius 3 is 2.10 bits per heavy atom. The molecule has 0 spiro atoms. The van der Waals surface area contributed by atoms with Gasteiger partial charge in [0.05, 0.1) is 6.42 Å². The van der Waals surface area contributed by atoms with Crippen LogP contribution in [-0.4, -0.2) is 45.9 Å². The van der Waals surface area contributed by atoms with Gasteiger partial charge < -0.3 is 26.0 Å². The number of rotatable bonds is 10. The highest BCUT2D eigenvalue weighted by Crippen LogP contribution is 2.35. The Hall–Kier alpha value is -4.32. The Kier molecular flexibility index (Phi) is 10.7. The molecule has 0 aliphatic carbocycles. The first-order valence-corrected chi connectivity index (χ1v) is 13.6. The van der Waals surface area contributed by atoms with Crippen LogP contribution in [0.2, 0.25) is 0 Å². The quantitative estimate of drug-likeness (QED) is 0.360. The summed E-state index contributed by atoms with van der Waals surface area (Å²) in [5.41, 5.74) is 6.84. The molecule has 9 nitrogen and oxygen atoms in total. The maximum Gasteiger partial charge on any atom is 0.408 e. The van der Waals surface area contributed by atoms with E-state index in [0.717, 1.165) is 11.1 Å². The Morgan fingerprint density at radius 1 is 1.00 bits per heavy atom. The molecule has 2 unspecified atom stereocenters. The molecular formula is C32H42N4O5. The summed E-state index contributed by atoms with van der Waals surface area (Å²) in [5, 5.41) is 5.50. The number of carbonyl (C=O) groups is 4. The average molecular weight is 563 g/mol. The van der Waals surface area contributed by atoms with Crippen molar-refractivity contribution >= 4 is 29.5 Å². The molecule has 4 N–H and O–H groups in total. The number of hydrogen-bond donors (Lipinski definition) is 3. The molecule has 2 rings (SSSR count). The molecule has 9 heteroatoms. The summed E-state index contributed by atoms with van der Waals surface area (Å²) in [4.78, 5) is 54.9. The lowest BCUT2D eigenvalue weighted by Gasteiger charge is -2.44. The van der Waals surface area contributed by atoms with Crippen molar-refractivity contribution in [1.82, 2.24) is 10.2 Å². The van der Waals surface area contributed by atoms with Crippen molar-refractivity contribution < 1.29 is 23.9 Å². The van der Waals surface area contributed by atoms with Crippen LogP contribution in [0.15, 0.2) is 42.5 Å². The minimum atomic E-state index is -1.40. The van der Waals surface area contributed by atoms with Gasteiger partial charge in [0.25, 0.3) is 5.91 Å². The summed E-state index contributed by atoms with van der Waals surface area (Å²) in [7, 11) is 0. The van der Waals surface area contributed by atoms with Crippen molar-refractivity contribution in [3.8, 4) is 12.3 Å². The van der Waals surface area contributed by atoms with E-state index in [1.165, 1.54) is 4.90 Å². The van der Waals surface area contributed by atoms with Gasteiger partial charge in [-0.2, -0.15) is 0 Å². The number of carbonyl (C=O) groups excluding carboxylic acids is 4. The molecule has 4 amide bonds. The Morgan fingerprint density at radius 2 is 1.59 bits per heavy atom. The first kappa shape index (κ1) is 32.9. The number of para-hydroxylation sites is 1. The lowest BCUT2D eigenvalue weighted by atomic mass is 9.89. The minimum Gasteiger partial charge on any atom is -0.444 e. The van der Waals surface area contributed by atoms with Gasteiger partial charge in [-0.15, -0.1) is 6.42 Å². The number of alkyl carbamates (subject to hydrolysis) is 1. The number of nitrogens with one attached hydrogen (secondary N) is 2. The number of primary amides is 1. The van der Waals surface area contributed by atoms with Gasteiger partial charge in [-0.1, -0.05) is 49.2 Å². The maximum atomic E-state index is 14.4. The summed E-state index contributed by atoms with van der Waals surface area (Å²) >= 11 is 0. The number of hydrogen-bond acceptors (Lipinski definition) is 5. The summed E-state index contributed by atoms with van der Waals surface area (Å²) in [6, 6.07) is 9.88. The van der Waals surface area contributed by atoms with Gasteiger partial charge in [-0.3, -0.25) is 14.4 Å². The Labute approximate surface area is 243 Å². The molecule has 0 saturated heterocycles. The van der Waals surface area contributed by atoms with E-state index in [-0.39, 0.29) is 0 Å². The van der Waals surface area contributed by atoms with Gasteiger partial charge in [0, 0.05) is 16.8 Å². The van der Waals surface area contributed by atoms with Gasteiger partial charge in [-0.05, 0) is 77.6 Å². The van der Waals surface area contributed by atoms with E-state index in [1.54, 1.807) is 58.9 Å². The predicted octanol–water partition coefficient (Wildman–Crippen LogP) is 4.75. The highest BCUT2D eigenvalue weighted by molar-refractivity contribution is 6.01. The van der Waals surface area contributed by atoms with Crippen LogP contribution in [0, 0.1) is 26.2 Å². The van der Waals surface area contributed by atoms with Crippen molar-refractivity contribution in [1.29, 1.82) is 0 Å². The van der Waals surface area contributed by atoms with Crippen LogP contribution in [0.5, 0.6) is 0 Å². The first-order valence-electron chi connectivity index (χ1n) is 13.6. The van der Waals surface area contributed by atoms with E-state index in [9.17, 15) is 19.2 Å². The molecule has 41 heavy (non-hydrogen) atoms. The fourth-order valence-electron chi connectivity index (χ4n) is 4.43. The fraction of sp³-hybridized carbons (Fsp3) is 0.438. The highest BCUT2D eigenvalue weighted by atomic mass is 16.6. The van der Waals surface area contributed by atoms with Crippen molar-refractivity contribution in [3.63, 3.8) is 0 Å². The van der Waals surface area contributed by atoms with Crippen molar-refractivity contribution in [2.24, 2.45) is 5.73 Å². The largest absolute Gasteiger partial charge is 0.444 e. The standard InChI is InChI=1S/C32H42N4O5/c1-10-22-17-12-13-18-23(22)27(28(38)35-26-20(3)15-14-16-21(26)4)36(32(8,9)11-2)29(39)24(19-25(33)37)34-30(40)41-31(5,6)7/h1,12-18,24,27H,11,19H2,2-9H3,(H2,33,37)(H,34,40)(H,35,38). The second-order valence-electron chi connectivity index (χ2n) is 11.6. The molecule has 0 aliphatic heterocycles. The molecule has 0 aromatic heterocycles. The van der Waals surface area contributed by atoms with Crippen LogP contribution in [0.4, 0.5) is 10.5 Å². The van der Waals surface area contributed by atoms with E-state index < -0.39 is 53.5 Å². The molecule has 0 heterocycles. The molecule has 0 fully saturated rings. The van der Waals surface area contributed by atoms with Gasteiger partial charge in [0.2, 0.25) is 11.8 Å².